The minimum absolute atomic E-state index is 0.00909. The van der Waals surface area contributed by atoms with Crippen molar-refractivity contribution in [2.45, 2.75) is 6.61 Å². The average molecular weight is 307 g/mol. The molecule has 0 N–H and O–H groups in total. The van der Waals surface area contributed by atoms with Gasteiger partial charge in [0.25, 0.3) is 0 Å². The molecule has 2 aromatic rings. The molecule has 0 aliphatic rings. The van der Waals surface area contributed by atoms with E-state index in [0.717, 1.165) is 0 Å². The van der Waals surface area contributed by atoms with E-state index >= 15 is 0 Å². The summed E-state index contributed by atoms with van der Waals surface area (Å²) < 4.78 is 18.7. The van der Waals surface area contributed by atoms with Crippen LogP contribution in [0.15, 0.2) is 30.3 Å². The predicted molar refractivity (Wildman–Crippen MR) is 70.0 cm³/mol. The molecule has 0 saturated heterocycles. The largest absolute Gasteiger partial charge is 0.484 e. The van der Waals surface area contributed by atoms with Crippen molar-refractivity contribution in [3.05, 3.63) is 57.0 Å². The minimum atomic E-state index is -0.527. The van der Waals surface area contributed by atoms with Crippen molar-refractivity contribution in [3.8, 4) is 5.75 Å². The smallest absolute Gasteiger partial charge is 0.174 e. The predicted octanol–water partition coefficient (Wildman–Crippen LogP) is 4.76. The Labute approximate surface area is 118 Å². The Morgan fingerprint density at radius 3 is 2.56 bits per heavy atom. The Bertz CT molecular complexity index is 557. The van der Waals surface area contributed by atoms with Gasteiger partial charge in [-0.25, -0.2) is 9.37 Å². The molecule has 94 valence electrons. The van der Waals surface area contributed by atoms with Gasteiger partial charge in [0.05, 0.1) is 5.02 Å². The number of aromatic nitrogens is 1. The summed E-state index contributed by atoms with van der Waals surface area (Å²) in [5, 5.41) is 0.704. The molecule has 2 rings (SSSR count). The van der Waals surface area contributed by atoms with Crippen LogP contribution in [-0.4, -0.2) is 4.98 Å². The summed E-state index contributed by atoms with van der Waals surface area (Å²) >= 11 is 17.4. The molecule has 1 aromatic carbocycles. The molecule has 6 heteroatoms. The van der Waals surface area contributed by atoms with Crippen LogP contribution in [0.1, 0.15) is 5.56 Å². The van der Waals surface area contributed by atoms with Crippen molar-refractivity contribution >= 4 is 34.8 Å². The maximum Gasteiger partial charge on any atom is 0.174 e. The first-order chi connectivity index (χ1) is 8.58. The molecular weight excluding hydrogens is 299 g/mol. The Morgan fingerprint density at radius 1 is 1.11 bits per heavy atom. The number of halogens is 4. The van der Waals surface area contributed by atoms with E-state index in [-0.39, 0.29) is 27.7 Å². The lowest BCUT2D eigenvalue weighted by Gasteiger charge is -2.09. The number of rotatable bonds is 3. The van der Waals surface area contributed by atoms with E-state index in [2.05, 4.69) is 4.98 Å². The maximum atomic E-state index is 13.4. The van der Waals surface area contributed by atoms with Crippen molar-refractivity contribution in [1.82, 2.24) is 4.98 Å². The Kier molecular flexibility index (Phi) is 4.27. The molecule has 1 heterocycles. The summed E-state index contributed by atoms with van der Waals surface area (Å²) in [4.78, 5) is 3.85. The van der Waals surface area contributed by atoms with Crippen LogP contribution >= 0.6 is 34.8 Å². The second kappa shape index (κ2) is 5.74. The fourth-order valence-corrected chi connectivity index (χ4v) is 1.94. The van der Waals surface area contributed by atoms with Gasteiger partial charge >= 0.3 is 0 Å². The highest BCUT2D eigenvalue weighted by Gasteiger charge is 2.10. The lowest BCUT2D eigenvalue weighted by atomic mass is 10.3. The summed E-state index contributed by atoms with van der Waals surface area (Å²) in [6.07, 6.45) is 0. The molecule has 0 saturated carbocycles. The number of hydrogen-bond acceptors (Lipinski definition) is 2. The molecule has 0 spiro atoms. The molecule has 18 heavy (non-hydrogen) atoms. The van der Waals surface area contributed by atoms with Gasteiger partial charge in [-0.2, -0.15) is 0 Å². The van der Waals surface area contributed by atoms with Crippen LogP contribution in [0, 0.1) is 5.82 Å². The van der Waals surface area contributed by atoms with Gasteiger partial charge in [-0.3, -0.25) is 0 Å². The molecule has 0 amide bonds. The van der Waals surface area contributed by atoms with Crippen LogP contribution in [0.5, 0.6) is 5.75 Å². The minimum Gasteiger partial charge on any atom is -0.484 e. The average Bonchev–Trinajstić information content (AvgIpc) is 2.31. The summed E-state index contributed by atoms with van der Waals surface area (Å²) in [6, 6.07) is 7.55. The topological polar surface area (TPSA) is 22.1 Å². The first-order valence-electron chi connectivity index (χ1n) is 4.95. The van der Waals surface area contributed by atoms with Crippen LogP contribution < -0.4 is 4.74 Å². The monoisotopic (exact) mass is 305 g/mol. The van der Waals surface area contributed by atoms with Crippen molar-refractivity contribution in [3.63, 3.8) is 0 Å². The second-order valence-corrected chi connectivity index (χ2v) is 4.58. The summed E-state index contributed by atoms with van der Waals surface area (Å²) in [5.74, 6) is -0.536. The molecule has 0 aliphatic carbocycles. The quantitative estimate of drug-likeness (QED) is 0.763. The van der Waals surface area contributed by atoms with Crippen LogP contribution in [0.2, 0.25) is 15.3 Å². The second-order valence-electron chi connectivity index (χ2n) is 3.42. The van der Waals surface area contributed by atoms with Crippen LogP contribution in [-0.2, 0) is 6.61 Å². The number of nitrogens with zero attached hydrogens (tertiary/aromatic N) is 1. The standard InChI is InChI=1S/C12H7Cl3FNO/c13-8-2-1-3-9(16)11(8)18-6-7-4-5-10(14)17-12(7)15/h1-5H,6H2. The fourth-order valence-electron chi connectivity index (χ4n) is 1.32. The van der Waals surface area contributed by atoms with E-state index in [0.29, 0.717) is 5.56 Å². The van der Waals surface area contributed by atoms with Gasteiger partial charge < -0.3 is 4.74 Å². The Balaban J connectivity index is 2.16. The third-order valence-corrected chi connectivity index (χ3v) is 3.02. The highest BCUT2D eigenvalue weighted by Crippen LogP contribution is 2.28. The van der Waals surface area contributed by atoms with Gasteiger partial charge in [0.2, 0.25) is 0 Å². The Hall–Kier alpha value is -1.03. The van der Waals surface area contributed by atoms with Gasteiger partial charge in [0.1, 0.15) is 16.9 Å². The highest BCUT2D eigenvalue weighted by molar-refractivity contribution is 6.33. The van der Waals surface area contributed by atoms with Crippen LogP contribution in [0.3, 0.4) is 0 Å². The van der Waals surface area contributed by atoms with E-state index < -0.39 is 5.82 Å². The first kappa shape index (κ1) is 13.4. The Morgan fingerprint density at radius 2 is 1.89 bits per heavy atom. The third kappa shape index (κ3) is 3.05. The molecule has 0 aliphatic heterocycles. The van der Waals surface area contributed by atoms with Crippen molar-refractivity contribution in [2.24, 2.45) is 0 Å². The molecule has 0 atom stereocenters. The van der Waals surface area contributed by atoms with Crippen molar-refractivity contribution in [1.29, 1.82) is 0 Å². The highest BCUT2D eigenvalue weighted by atomic mass is 35.5. The summed E-state index contributed by atoms with van der Waals surface area (Å²) in [5.41, 5.74) is 0.598. The molecular formula is C12H7Cl3FNO. The third-order valence-electron chi connectivity index (χ3n) is 2.18. The summed E-state index contributed by atoms with van der Waals surface area (Å²) in [6.45, 7) is 0.0592. The van der Waals surface area contributed by atoms with Gasteiger partial charge in [0, 0.05) is 5.56 Å². The number of benzene rings is 1. The zero-order chi connectivity index (χ0) is 13.1. The van der Waals surface area contributed by atoms with Crippen molar-refractivity contribution < 1.29 is 9.13 Å². The lowest BCUT2D eigenvalue weighted by Crippen LogP contribution is -1.99. The number of para-hydroxylation sites is 1. The molecule has 0 fully saturated rings. The fraction of sp³-hybridized carbons (Fsp3) is 0.0833. The van der Waals surface area contributed by atoms with Gasteiger partial charge in [0.15, 0.2) is 11.6 Å². The zero-order valence-electron chi connectivity index (χ0n) is 8.96. The van der Waals surface area contributed by atoms with E-state index in [1.54, 1.807) is 18.2 Å². The summed E-state index contributed by atoms with van der Waals surface area (Å²) in [7, 11) is 0. The van der Waals surface area contributed by atoms with Crippen LogP contribution in [0.25, 0.3) is 0 Å². The van der Waals surface area contributed by atoms with E-state index in [1.807, 2.05) is 0 Å². The first-order valence-corrected chi connectivity index (χ1v) is 6.09. The van der Waals surface area contributed by atoms with Crippen molar-refractivity contribution in [2.75, 3.05) is 0 Å². The normalized spacial score (nSPS) is 10.4. The SMILES string of the molecule is Fc1cccc(Cl)c1OCc1ccc(Cl)nc1Cl. The number of hydrogen-bond donors (Lipinski definition) is 0. The molecule has 0 radical (unpaired) electrons. The molecule has 0 unspecified atom stereocenters. The number of pyridine rings is 1. The molecule has 1 aromatic heterocycles. The van der Waals surface area contributed by atoms with E-state index in [1.165, 1.54) is 12.1 Å². The molecule has 2 nitrogen and oxygen atoms in total. The van der Waals surface area contributed by atoms with Gasteiger partial charge in [-0.1, -0.05) is 40.9 Å². The zero-order valence-corrected chi connectivity index (χ0v) is 11.2. The van der Waals surface area contributed by atoms with E-state index in [4.69, 9.17) is 39.5 Å². The number of ether oxygens (including phenoxy) is 1. The maximum absolute atomic E-state index is 13.4. The molecule has 0 bridgehead atoms. The van der Waals surface area contributed by atoms with Gasteiger partial charge in [-0.05, 0) is 24.3 Å². The van der Waals surface area contributed by atoms with Crippen LogP contribution in [0.4, 0.5) is 4.39 Å². The van der Waals surface area contributed by atoms with E-state index in [9.17, 15) is 4.39 Å². The van der Waals surface area contributed by atoms with Gasteiger partial charge in [-0.15, -0.1) is 0 Å². The lowest BCUT2D eigenvalue weighted by molar-refractivity contribution is 0.290.